The predicted molar refractivity (Wildman–Crippen MR) is 113 cm³/mol. The van der Waals surface area contributed by atoms with Gasteiger partial charge in [0.05, 0.1) is 17.3 Å². The van der Waals surface area contributed by atoms with Crippen LogP contribution < -0.4 is 10.9 Å². The van der Waals surface area contributed by atoms with Gasteiger partial charge in [-0.3, -0.25) is 9.36 Å². The van der Waals surface area contributed by atoms with Crippen LogP contribution in [0.1, 0.15) is 5.56 Å². The van der Waals surface area contributed by atoms with E-state index in [2.05, 4.69) is 11.4 Å². The van der Waals surface area contributed by atoms with E-state index >= 15 is 0 Å². The number of rotatable bonds is 3. The Morgan fingerprint density at radius 3 is 2.64 bits per heavy atom. The summed E-state index contributed by atoms with van der Waals surface area (Å²) in [4.78, 5) is 13.3. The van der Waals surface area contributed by atoms with E-state index in [1.807, 2.05) is 54.8 Å². The molecule has 0 fully saturated rings. The average molecular weight is 386 g/mol. The second kappa shape index (κ2) is 7.59. The van der Waals surface area contributed by atoms with E-state index in [0.717, 1.165) is 28.9 Å². The van der Waals surface area contributed by atoms with Crippen molar-refractivity contribution in [1.82, 2.24) is 9.88 Å². The fraction of sp³-hybridized carbons (Fsp3) is 0.0435. The first kappa shape index (κ1) is 17.8. The van der Waals surface area contributed by atoms with Gasteiger partial charge >= 0.3 is 0 Å². The van der Waals surface area contributed by atoms with E-state index in [1.165, 1.54) is 0 Å². The number of hydrogen-bond acceptors (Lipinski definition) is 3. The first-order valence-corrected chi connectivity index (χ1v) is 9.18. The molecule has 0 spiro atoms. The molecule has 0 saturated heterocycles. The molecule has 0 saturated carbocycles. The van der Waals surface area contributed by atoms with Crippen molar-refractivity contribution in [3.63, 3.8) is 0 Å². The summed E-state index contributed by atoms with van der Waals surface area (Å²) in [6.45, 7) is 0.719. The van der Waals surface area contributed by atoms with Crippen molar-refractivity contribution < 1.29 is 0 Å². The number of pyridine rings is 1. The summed E-state index contributed by atoms with van der Waals surface area (Å²) in [6.07, 6.45) is 7.44. The van der Waals surface area contributed by atoms with Crippen LogP contribution in [-0.4, -0.2) is 11.1 Å². The molecule has 0 radical (unpaired) electrons. The number of allylic oxidation sites excluding steroid dienone is 2. The Bertz CT molecular complexity index is 1220. The molecule has 2 aromatic carbocycles. The van der Waals surface area contributed by atoms with Gasteiger partial charge in [0.2, 0.25) is 0 Å². The van der Waals surface area contributed by atoms with Crippen LogP contribution in [0.2, 0.25) is 5.02 Å². The lowest BCUT2D eigenvalue weighted by Crippen LogP contribution is -2.23. The molecule has 4 rings (SSSR count). The molecule has 1 aliphatic heterocycles. The Hall–Kier alpha value is -3.55. The molecule has 0 bridgehead atoms. The number of halogens is 1. The van der Waals surface area contributed by atoms with Crippen molar-refractivity contribution in [2.75, 3.05) is 6.54 Å². The van der Waals surface area contributed by atoms with E-state index < -0.39 is 0 Å². The van der Waals surface area contributed by atoms with Crippen LogP contribution in [0.25, 0.3) is 28.0 Å². The van der Waals surface area contributed by atoms with Gasteiger partial charge in [0.15, 0.2) is 0 Å². The third-order valence-electron chi connectivity index (χ3n) is 4.56. The smallest absolute Gasteiger partial charge is 0.263 e. The van der Waals surface area contributed by atoms with Gasteiger partial charge < -0.3 is 5.32 Å². The summed E-state index contributed by atoms with van der Waals surface area (Å²) in [7, 11) is 0. The lowest BCUT2D eigenvalue weighted by Gasteiger charge is -2.16. The Balaban J connectivity index is 2.01. The molecule has 28 heavy (non-hydrogen) atoms. The topological polar surface area (TPSA) is 57.8 Å². The van der Waals surface area contributed by atoms with E-state index in [1.54, 1.807) is 29.0 Å². The van der Waals surface area contributed by atoms with Crippen molar-refractivity contribution in [2.45, 2.75) is 0 Å². The highest BCUT2D eigenvalue weighted by atomic mass is 35.5. The molecule has 1 N–H and O–H groups in total. The largest absolute Gasteiger partial charge is 0.386 e. The van der Waals surface area contributed by atoms with E-state index in [4.69, 9.17) is 11.6 Å². The third-order valence-corrected chi connectivity index (χ3v) is 4.80. The fourth-order valence-corrected chi connectivity index (χ4v) is 3.42. The molecule has 2 heterocycles. The zero-order chi connectivity index (χ0) is 19.5. The van der Waals surface area contributed by atoms with Crippen molar-refractivity contribution in [3.8, 4) is 28.3 Å². The molecule has 5 heteroatoms. The minimum atomic E-state index is -0.153. The number of aromatic nitrogens is 1. The average Bonchev–Trinajstić information content (AvgIpc) is 2.74. The first-order chi connectivity index (χ1) is 13.7. The standard InChI is InChI=1S/C23H16ClN3O/c24-19-7-3-6-16(11-19)22-12-18(21-9-2-1-5-17(21)13-25)15-27(23(22)28)20-8-4-10-26-14-20/h1-9,11-12,14-15,26H,10H2. The maximum atomic E-state index is 13.3. The van der Waals surface area contributed by atoms with Gasteiger partial charge in [-0.2, -0.15) is 5.26 Å². The van der Waals surface area contributed by atoms with Gasteiger partial charge in [-0.05, 0) is 35.9 Å². The minimum Gasteiger partial charge on any atom is -0.386 e. The second-order valence-electron chi connectivity index (χ2n) is 6.37. The molecular formula is C23H16ClN3O. The quantitative estimate of drug-likeness (QED) is 0.713. The van der Waals surface area contributed by atoms with Crippen molar-refractivity contribution in [2.24, 2.45) is 0 Å². The molecular weight excluding hydrogens is 370 g/mol. The minimum absolute atomic E-state index is 0.153. The highest BCUT2D eigenvalue weighted by Gasteiger charge is 2.14. The zero-order valence-electron chi connectivity index (χ0n) is 14.9. The maximum absolute atomic E-state index is 13.3. The van der Waals surface area contributed by atoms with E-state index in [9.17, 15) is 10.1 Å². The zero-order valence-corrected chi connectivity index (χ0v) is 15.6. The number of benzene rings is 2. The highest BCUT2D eigenvalue weighted by molar-refractivity contribution is 6.30. The summed E-state index contributed by atoms with van der Waals surface area (Å²) in [5.74, 6) is 0. The van der Waals surface area contributed by atoms with Crippen molar-refractivity contribution in [3.05, 3.63) is 100 Å². The second-order valence-corrected chi connectivity index (χ2v) is 6.80. The first-order valence-electron chi connectivity index (χ1n) is 8.80. The molecule has 1 aromatic heterocycles. The van der Waals surface area contributed by atoms with Crippen LogP contribution in [0.5, 0.6) is 0 Å². The molecule has 0 unspecified atom stereocenters. The van der Waals surface area contributed by atoms with Gasteiger partial charge in [-0.1, -0.05) is 48.0 Å². The Morgan fingerprint density at radius 2 is 1.89 bits per heavy atom. The Labute approximate surface area is 167 Å². The summed E-state index contributed by atoms with van der Waals surface area (Å²) in [5.41, 5.74) is 3.94. The molecule has 0 amide bonds. The van der Waals surface area contributed by atoms with Gasteiger partial charge in [0.25, 0.3) is 5.56 Å². The Morgan fingerprint density at radius 1 is 1.04 bits per heavy atom. The highest BCUT2D eigenvalue weighted by Crippen LogP contribution is 2.28. The lowest BCUT2D eigenvalue weighted by atomic mass is 9.98. The summed E-state index contributed by atoms with van der Waals surface area (Å²) in [6, 6.07) is 18.6. The molecule has 0 atom stereocenters. The molecule has 3 aromatic rings. The van der Waals surface area contributed by atoms with Crippen LogP contribution >= 0.6 is 11.6 Å². The number of hydrogen-bond donors (Lipinski definition) is 1. The van der Waals surface area contributed by atoms with Crippen LogP contribution in [0, 0.1) is 11.3 Å². The summed E-state index contributed by atoms with van der Waals surface area (Å²) < 4.78 is 1.60. The monoisotopic (exact) mass is 385 g/mol. The van der Waals surface area contributed by atoms with Crippen LogP contribution in [0.4, 0.5) is 0 Å². The van der Waals surface area contributed by atoms with Gasteiger partial charge in [-0.15, -0.1) is 0 Å². The van der Waals surface area contributed by atoms with Gasteiger partial charge in [0, 0.05) is 40.7 Å². The van der Waals surface area contributed by atoms with E-state index in [-0.39, 0.29) is 5.56 Å². The fourth-order valence-electron chi connectivity index (χ4n) is 3.23. The molecule has 0 aliphatic carbocycles. The predicted octanol–water partition coefficient (Wildman–Crippen LogP) is 4.67. The van der Waals surface area contributed by atoms with Gasteiger partial charge in [-0.25, -0.2) is 0 Å². The van der Waals surface area contributed by atoms with Gasteiger partial charge in [0.1, 0.15) is 0 Å². The van der Waals surface area contributed by atoms with Crippen LogP contribution in [0.15, 0.2) is 83.9 Å². The number of dihydropyridines is 1. The van der Waals surface area contributed by atoms with Crippen molar-refractivity contribution in [1.29, 1.82) is 5.26 Å². The van der Waals surface area contributed by atoms with Crippen molar-refractivity contribution >= 4 is 17.3 Å². The molecule has 1 aliphatic rings. The summed E-state index contributed by atoms with van der Waals surface area (Å²) >= 11 is 6.16. The Kier molecular flexibility index (Phi) is 4.84. The SMILES string of the molecule is N#Cc1ccccc1-c1cc(-c2cccc(Cl)c2)c(=O)n(C2=CNCC=C2)c1. The third kappa shape index (κ3) is 3.36. The lowest BCUT2D eigenvalue weighted by molar-refractivity contribution is 0.933. The number of nitrogens with zero attached hydrogens (tertiary/aromatic N) is 2. The normalized spacial score (nSPS) is 12.8. The number of nitrogens with one attached hydrogen (secondary N) is 1. The maximum Gasteiger partial charge on any atom is 0.263 e. The van der Waals surface area contributed by atoms with Crippen LogP contribution in [0.3, 0.4) is 0 Å². The van der Waals surface area contributed by atoms with E-state index in [0.29, 0.717) is 16.1 Å². The molecule has 4 nitrogen and oxygen atoms in total. The summed E-state index contributed by atoms with van der Waals surface area (Å²) in [5, 5.41) is 13.2. The molecule has 136 valence electrons. The van der Waals surface area contributed by atoms with Crippen LogP contribution in [-0.2, 0) is 0 Å². The number of nitriles is 1.